The number of aromatic nitrogens is 1. The summed E-state index contributed by atoms with van der Waals surface area (Å²) in [5.41, 5.74) is -1.32. The molecule has 2 N–H and O–H groups in total. The van der Waals surface area contributed by atoms with Gasteiger partial charge in [0.1, 0.15) is 23.6 Å². The number of hydrogen-bond acceptors (Lipinski definition) is 4. The number of rotatable bonds is 5. The molecule has 0 saturated carbocycles. The SMILES string of the molecule is CCCC(Nc1nc(C(F)(F)F)ccc1C#N)C(=O)O. The number of aliphatic carboxylic acids is 1. The summed E-state index contributed by atoms with van der Waals surface area (Å²) in [7, 11) is 0. The molecule has 0 bridgehead atoms. The molecule has 0 aliphatic heterocycles. The number of hydrogen-bond donors (Lipinski definition) is 2. The van der Waals surface area contributed by atoms with Crippen LogP contribution in [0.5, 0.6) is 0 Å². The highest BCUT2D eigenvalue weighted by molar-refractivity contribution is 5.77. The number of halogens is 3. The molecule has 0 aliphatic rings. The predicted octanol–water partition coefficient (Wildman–Crippen LogP) is 2.64. The van der Waals surface area contributed by atoms with E-state index < -0.39 is 23.9 Å². The average Bonchev–Trinajstić information content (AvgIpc) is 2.36. The molecule has 8 heteroatoms. The van der Waals surface area contributed by atoms with Gasteiger partial charge in [0.2, 0.25) is 0 Å². The number of anilines is 1. The van der Waals surface area contributed by atoms with Crippen LogP contribution in [0.4, 0.5) is 19.0 Å². The quantitative estimate of drug-likeness (QED) is 0.869. The average molecular weight is 287 g/mol. The van der Waals surface area contributed by atoms with E-state index in [1.807, 2.05) is 0 Å². The van der Waals surface area contributed by atoms with E-state index in [9.17, 15) is 18.0 Å². The molecule has 20 heavy (non-hydrogen) atoms. The van der Waals surface area contributed by atoms with Gasteiger partial charge in [-0.15, -0.1) is 0 Å². The smallest absolute Gasteiger partial charge is 0.433 e. The molecule has 0 aromatic carbocycles. The Morgan fingerprint density at radius 1 is 1.55 bits per heavy atom. The van der Waals surface area contributed by atoms with Crippen LogP contribution in [0, 0.1) is 11.3 Å². The van der Waals surface area contributed by atoms with Crippen molar-refractivity contribution < 1.29 is 23.1 Å². The Morgan fingerprint density at radius 3 is 2.65 bits per heavy atom. The summed E-state index contributed by atoms with van der Waals surface area (Å²) in [6.45, 7) is 1.74. The maximum absolute atomic E-state index is 12.6. The molecule has 0 fully saturated rings. The topological polar surface area (TPSA) is 86.0 Å². The van der Waals surface area contributed by atoms with Crippen molar-refractivity contribution in [3.05, 3.63) is 23.4 Å². The number of nitriles is 1. The van der Waals surface area contributed by atoms with Crippen LogP contribution >= 0.6 is 0 Å². The van der Waals surface area contributed by atoms with Gasteiger partial charge in [-0.05, 0) is 18.6 Å². The summed E-state index contributed by atoms with van der Waals surface area (Å²) in [5, 5.41) is 20.2. The standard InChI is InChI=1S/C12H12F3N3O2/c1-2-3-8(11(19)20)17-10-7(6-16)4-5-9(18-10)12(13,14)15/h4-5,8H,2-3H2,1H3,(H,17,18)(H,19,20). The lowest BCUT2D eigenvalue weighted by atomic mass is 10.1. The zero-order chi connectivity index (χ0) is 15.3. The maximum atomic E-state index is 12.6. The van der Waals surface area contributed by atoms with Gasteiger partial charge in [-0.25, -0.2) is 9.78 Å². The van der Waals surface area contributed by atoms with E-state index in [1.165, 1.54) is 0 Å². The molecule has 1 unspecified atom stereocenters. The molecule has 0 amide bonds. The van der Waals surface area contributed by atoms with Gasteiger partial charge in [-0.2, -0.15) is 18.4 Å². The third-order valence-corrected chi connectivity index (χ3v) is 2.49. The first-order chi connectivity index (χ1) is 9.29. The number of carboxylic acid groups (broad SMARTS) is 1. The molecule has 1 rings (SSSR count). The Bertz CT molecular complexity index is 538. The van der Waals surface area contributed by atoms with Gasteiger partial charge < -0.3 is 10.4 Å². The first-order valence-electron chi connectivity index (χ1n) is 5.77. The minimum Gasteiger partial charge on any atom is -0.480 e. The highest BCUT2D eigenvalue weighted by Crippen LogP contribution is 2.29. The summed E-state index contributed by atoms with van der Waals surface area (Å²) in [6, 6.07) is 2.22. The fourth-order valence-electron chi connectivity index (χ4n) is 1.53. The minimum atomic E-state index is -4.66. The molecule has 1 heterocycles. The van der Waals surface area contributed by atoms with Gasteiger partial charge in [0.25, 0.3) is 0 Å². The van der Waals surface area contributed by atoms with Gasteiger partial charge in [-0.1, -0.05) is 13.3 Å². The van der Waals surface area contributed by atoms with Crippen LogP contribution in [0.25, 0.3) is 0 Å². The van der Waals surface area contributed by atoms with E-state index in [2.05, 4.69) is 10.3 Å². The van der Waals surface area contributed by atoms with Crippen LogP contribution in [0.2, 0.25) is 0 Å². The summed E-state index contributed by atoms with van der Waals surface area (Å²) >= 11 is 0. The van der Waals surface area contributed by atoms with Crippen LogP contribution in [-0.2, 0) is 11.0 Å². The summed E-state index contributed by atoms with van der Waals surface area (Å²) in [5.74, 6) is -1.59. The molecule has 108 valence electrons. The van der Waals surface area contributed by atoms with Gasteiger partial charge in [0.05, 0.1) is 5.56 Å². The van der Waals surface area contributed by atoms with Crippen molar-refractivity contribution >= 4 is 11.8 Å². The van der Waals surface area contributed by atoms with Crippen molar-refractivity contribution in [2.75, 3.05) is 5.32 Å². The number of nitrogens with zero attached hydrogens (tertiary/aromatic N) is 2. The maximum Gasteiger partial charge on any atom is 0.433 e. The number of pyridine rings is 1. The molecule has 1 aromatic heterocycles. The van der Waals surface area contributed by atoms with Gasteiger partial charge in [0, 0.05) is 0 Å². The van der Waals surface area contributed by atoms with Crippen LogP contribution in [0.3, 0.4) is 0 Å². The Morgan fingerprint density at radius 2 is 2.20 bits per heavy atom. The van der Waals surface area contributed by atoms with Gasteiger partial charge in [-0.3, -0.25) is 0 Å². The van der Waals surface area contributed by atoms with Crippen LogP contribution in [-0.4, -0.2) is 22.1 Å². The van der Waals surface area contributed by atoms with Gasteiger partial charge >= 0.3 is 12.1 Å². The second-order valence-corrected chi connectivity index (χ2v) is 4.03. The molecule has 5 nitrogen and oxygen atoms in total. The van der Waals surface area contributed by atoms with E-state index in [4.69, 9.17) is 10.4 Å². The summed E-state index contributed by atoms with van der Waals surface area (Å²) in [6.07, 6.45) is -3.93. The molecular weight excluding hydrogens is 275 g/mol. The highest BCUT2D eigenvalue weighted by atomic mass is 19.4. The Hall–Kier alpha value is -2.30. The fraction of sp³-hybridized carbons (Fsp3) is 0.417. The van der Waals surface area contributed by atoms with E-state index in [1.54, 1.807) is 13.0 Å². The third-order valence-electron chi connectivity index (χ3n) is 2.49. The Kier molecular flexibility index (Phi) is 4.91. The molecule has 0 radical (unpaired) electrons. The molecule has 0 saturated heterocycles. The lowest BCUT2D eigenvalue weighted by molar-refractivity contribution is -0.141. The monoisotopic (exact) mass is 287 g/mol. The number of carboxylic acids is 1. The largest absolute Gasteiger partial charge is 0.480 e. The Balaban J connectivity index is 3.14. The second kappa shape index (κ2) is 6.23. The lowest BCUT2D eigenvalue weighted by Crippen LogP contribution is -2.30. The van der Waals surface area contributed by atoms with Crippen LogP contribution in [0.15, 0.2) is 12.1 Å². The van der Waals surface area contributed by atoms with E-state index in [0.29, 0.717) is 12.5 Å². The number of nitrogens with one attached hydrogen (secondary N) is 1. The second-order valence-electron chi connectivity index (χ2n) is 4.03. The van der Waals surface area contributed by atoms with Crippen molar-refractivity contribution in [1.82, 2.24) is 4.98 Å². The first-order valence-corrected chi connectivity index (χ1v) is 5.77. The van der Waals surface area contributed by atoms with Crippen molar-refractivity contribution in [3.63, 3.8) is 0 Å². The summed E-state index contributed by atoms with van der Waals surface area (Å²) in [4.78, 5) is 14.3. The third kappa shape index (κ3) is 3.85. The number of alkyl halides is 3. The molecule has 0 aliphatic carbocycles. The van der Waals surface area contributed by atoms with Crippen LogP contribution in [0.1, 0.15) is 31.0 Å². The normalized spacial score (nSPS) is 12.6. The molecule has 0 spiro atoms. The summed E-state index contributed by atoms with van der Waals surface area (Å²) < 4.78 is 37.7. The van der Waals surface area contributed by atoms with Crippen molar-refractivity contribution in [2.24, 2.45) is 0 Å². The molecular formula is C12H12F3N3O2. The van der Waals surface area contributed by atoms with Gasteiger partial charge in [0.15, 0.2) is 0 Å². The fourth-order valence-corrected chi connectivity index (χ4v) is 1.53. The Labute approximate surface area is 113 Å². The van der Waals surface area contributed by atoms with Crippen molar-refractivity contribution in [1.29, 1.82) is 5.26 Å². The first kappa shape index (κ1) is 15.8. The molecule has 1 aromatic rings. The minimum absolute atomic E-state index is 0.139. The van der Waals surface area contributed by atoms with Crippen molar-refractivity contribution in [2.45, 2.75) is 32.0 Å². The lowest BCUT2D eigenvalue weighted by Gasteiger charge is -2.16. The van der Waals surface area contributed by atoms with E-state index >= 15 is 0 Å². The number of carbonyl (C=O) groups is 1. The highest BCUT2D eigenvalue weighted by Gasteiger charge is 2.33. The van der Waals surface area contributed by atoms with E-state index in [0.717, 1.165) is 6.07 Å². The zero-order valence-electron chi connectivity index (χ0n) is 10.5. The van der Waals surface area contributed by atoms with Crippen molar-refractivity contribution in [3.8, 4) is 6.07 Å². The van der Waals surface area contributed by atoms with E-state index in [-0.39, 0.29) is 17.8 Å². The predicted molar refractivity (Wildman–Crippen MR) is 63.9 cm³/mol. The van der Waals surface area contributed by atoms with Crippen LogP contribution < -0.4 is 5.32 Å². The molecule has 1 atom stereocenters. The zero-order valence-corrected chi connectivity index (χ0v) is 10.5.